The highest BCUT2D eigenvalue weighted by atomic mass is 127. The van der Waals surface area contributed by atoms with E-state index in [1.165, 1.54) is 5.69 Å². The van der Waals surface area contributed by atoms with Crippen LogP contribution in [0.5, 0.6) is 0 Å². The van der Waals surface area contributed by atoms with E-state index < -0.39 is 5.60 Å². The number of aliphatic hydroxyl groups is 1. The zero-order valence-corrected chi connectivity index (χ0v) is 17.3. The first-order chi connectivity index (χ1) is 9.29. The first-order valence-corrected chi connectivity index (χ1v) is 7.53. The summed E-state index contributed by atoms with van der Waals surface area (Å²) in [4.78, 5) is 6.29. The van der Waals surface area contributed by atoms with Crippen LogP contribution in [0.4, 0.5) is 0 Å². The van der Waals surface area contributed by atoms with Crippen LogP contribution in [-0.4, -0.2) is 46.8 Å². The molecule has 1 atom stereocenters. The zero-order valence-electron chi connectivity index (χ0n) is 13.4. The van der Waals surface area contributed by atoms with Gasteiger partial charge in [-0.05, 0) is 35.3 Å². The van der Waals surface area contributed by atoms with Crippen molar-refractivity contribution in [2.75, 3.05) is 20.6 Å². The summed E-state index contributed by atoms with van der Waals surface area (Å²) in [6.07, 6.45) is 2.73. The standard InChI is InChI=1S/C14H25BrN4O.HI/c1-6-14(2,20)10-17-13(16-3)19(5)9-12-7-11(15)8-18(12)4;/h7-8,20H,6,9-10H2,1-5H3,(H,16,17);1H. The Hall–Kier alpha value is -0.280. The molecule has 0 bridgehead atoms. The van der Waals surface area contributed by atoms with Gasteiger partial charge in [-0.15, -0.1) is 24.0 Å². The number of nitrogens with zero attached hydrogens (tertiary/aromatic N) is 3. The van der Waals surface area contributed by atoms with Crippen molar-refractivity contribution in [1.29, 1.82) is 0 Å². The Morgan fingerprint density at radius 3 is 2.62 bits per heavy atom. The van der Waals surface area contributed by atoms with E-state index in [0.717, 1.165) is 17.0 Å². The van der Waals surface area contributed by atoms with Gasteiger partial charge in [0.05, 0.1) is 12.1 Å². The van der Waals surface area contributed by atoms with Gasteiger partial charge in [0.15, 0.2) is 5.96 Å². The number of aliphatic imine (C=N–C) groups is 1. The van der Waals surface area contributed by atoms with Gasteiger partial charge < -0.3 is 19.9 Å². The molecule has 1 aromatic heterocycles. The Morgan fingerprint density at radius 1 is 1.57 bits per heavy atom. The summed E-state index contributed by atoms with van der Waals surface area (Å²) in [5.41, 5.74) is 0.467. The lowest BCUT2D eigenvalue weighted by molar-refractivity contribution is 0.0598. The van der Waals surface area contributed by atoms with E-state index in [1.54, 1.807) is 7.05 Å². The largest absolute Gasteiger partial charge is 0.388 e. The average Bonchev–Trinajstić information content (AvgIpc) is 2.68. The molecule has 122 valence electrons. The Morgan fingerprint density at radius 2 is 2.19 bits per heavy atom. The van der Waals surface area contributed by atoms with Crippen molar-refractivity contribution in [2.24, 2.45) is 12.0 Å². The minimum atomic E-state index is -0.717. The fourth-order valence-corrected chi connectivity index (χ4v) is 2.39. The molecule has 7 heteroatoms. The summed E-state index contributed by atoms with van der Waals surface area (Å²) in [5.74, 6) is 0.774. The van der Waals surface area contributed by atoms with Gasteiger partial charge in [0.1, 0.15) is 0 Å². The van der Waals surface area contributed by atoms with Crippen molar-refractivity contribution >= 4 is 45.9 Å². The second-order valence-electron chi connectivity index (χ2n) is 5.37. The number of guanidine groups is 1. The van der Waals surface area contributed by atoms with Gasteiger partial charge in [0.2, 0.25) is 0 Å². The Kier molecular flexibility index (Phi) is 8.87. The van der Waals surface area contributed by atoms with E-state index in [4.69, 9.17) is 0 Å². The molecule has 0 aliphatic carbocycles. The fourth-order valence-electron chi connectivity index (χ4n) is 1.82. The van der Waals surface area contributed by atoms with Crippen LogP contribution < -0.4 is 5.32 Å². The first kappa shape index (κ1) is 20.7. The zero-order chi connectivity index (χ0) is 15.3. The number of hydrogen-bond donors (Lipinski definition) is 2. The van der Waals surface area contributed by atoms with Crippen molar-refractivity contribution in [1.82, 2.24) is 14.8 Å². The van der Waals surface area contributed by atoms with Crippen molar-refractivity contribution in [3.8, 4) is 0 Å². The maximum Gasteiger partial charge on any atom is 0.193 e. The predicted octanol–water partition coefficient (Wildman–Crippen LogP) is 2.57. The summed E-state index contributed by atoms with van der Waals surface area (Å²) >= 11 is 3.47. The highest BCUT2D eigenvalue weighted by Crippen LogP contribution is 2.15. The summed E-state index contributed by atoms with van der Waals surface area (Å²) in [5, 5.41) is 13.3. The molecule has 1 heterocycles. The van der Waals surface area contributed by atoms with E-state index >= 15 is 0 Å². The molecule has 0 amide bonds. The van der Waals surface area contributed by atoms with Crippen LogP contribution in [0.25, 0.3) is 0 Å². The number of hydrogen-bond acceptors (Lipinski definition) is 2. The molecular formula is C14H26BrIN4O. The van der Waals surface area contributed by atoms with Crippen LogP contribution in [0, 0.1) is 0 Å². The van der Waals surface area contributed by atoms with Gasteiger partial charge in [-0.2, -0.15) is 0 Å². The van der Waals surface area contributed by atoms with Crippen molar-refractivity contribution in [3.05, 3.63) is 22.4 Å². The first-order valence-electron chi connectivity index (χ1n) is 6.74. The number of rotatable bonds is 5. The van der Waals surface area contributed by atoms with Gasteiger partial charge in [0.25, 0.3) is 0 Å². The maximum atomic E-state index is 10.0. The molecule has 2 N–H and O–H groups in total. The monoisotopic (exact) mass is 472 g/mol. The van der Waals surface area contributed by atoms with E-state index in [9.17, 15) is 5.11 Å². The second kappa shape index (κ2) is 8.99. The van der Waals surface area contributed by atoms with Gasteiger partial charge in [0, 0.05) is 44.1 Å². The highest BCUT2D eigenvalue weighted by Gasteiger charge is 2.19. The van der Waals surface area contributed by atoms with Crippen LogP contribution in [0.3, 0.4) is 0 Å². The lowest BCUT2D eigenvalue weighted by Gasteiger charge is -2.27. The number of halogens is 2. The molecule has 0 fully saturated rings. The molecule has 21 heavy (non-hydrogen) atoms. The molecule has 0 spiro atoms. The SMILES string of the molecule is CCC(C)(O)CNC(=NC)N(C)Cc1cc(Br)cn1C.I. The van der Waals surface area contributed by atoms with Crippen LogP contribution >= 0.6 is 39.9 Å². The summed E-state index contributed by atoms with van der Waals surface area (Å²) in [6.45, 7) is 5.02. The molecule has 0 aliphatic rings. The maximum absolute atomic E-state index is 10.0. The molecule has 0 aliphatic heterocycles. The van der Waals surface area contributed by atoms with E-state index in [1.807, 2.05) is 39.0 Å². The molecule has 0 saturated carbocycles. The van der Waals surface area contributed by atoms with Gasteiger partial charge in [-0.25, -0.2) is 0 Å². The van der Waals surface area contributed by atoms with E-state index in [-0.39, 0.29) is 24.0 Å². The molecule has 0 saturated heterocycles. The lowest BCUT2D eigenvalue weighted by atomic mass is 10.0. The van der Waals surface area contributed by atoms with Gasteiger partial charge in [-0.3, -0.25) is 4.99 Å². The molecule has 0 radical (unpaired) electrons. The summed E-state index contributed by atoms with van der Waals surface area (Å²) < 4.78 is 3.15. The average molecular weight is 473 g/mol. The van der Waals surface area contributed by atoms with Crippen LogP contribution in [0.15, 0.2) is 21.7 Å². The third kappa shape index (κ3) is 6.56. The van der Waals surface area contributed by atoms with Crippen LogP contribution in [0.2, 0.25) is 0 Å². The van der Waals surface area contributed by atoms with Crippen molar-refractivity contribution in [2.45, 2.75) is 32.4 Å². The predicted molar refractivity (Wildman–Crippen MR) is 102 cm³/mol. The third-order valence-corrected chi connectivity index (χ3v) is 3.87. The number of aromatic nitrogens is 1. The molecular weight excluding hydrogens is 447 g/mol. The Balaban J connectivity index is 0.00000400. The van der Waals surface area contributed by atoms with E-state index in [0.29, 0.717) is 13.0 Å². The van der Waals surface area contributed by atoms with E-state index in [2.05, 4.69) is 36.9 Å². The van der Waals surface area contributed by atoms with Gasteiger partial charge in [-0.1, -0.05) is 6.92 Å². The topological polar surface area (TPSA) is 52.8 Å². The van der Waals surface area contributed by atoms with Crippen LogP contribution in [0.1, 0.15) is 26.0 Å². The summed E-state index contributed by atoms with van der Waals surface area (Å²) in [7, 11) is 5.75. The normalized spacial score (nSPS) is 14.3. The lowest BCUT2D eigenvalue weighted by Crippen LogP contribution is -2.46. The molecule has 1 rings (SSSR count). The quantitative estimate of drug-likeness (QED) is 0.393. The fraction of sp³-hybridized carbons (Fsp3) is 0.643. The second-order valence-corrected chi connectivity index (χ2v) is 6.28. The number of nitrogens with one attached hydrogen (secondary N) is 1. The smallest absolute Gasteiger partial charge is 0.193 e. The molecule has 0 aromatic carbocycles. The van der Waals surface area contributed by atoms with Crippen molar-refractivity contribution < 1.29 is 5.11 Å². The third-order valence-electron chi connectivity index (χ3n) is 3.44. The minimum Gasteiger partial charge on any atom is -0.388 e. The van der Waals surface area contributed by atoms with Gasteiger partial charge >= 0.3 is 0 Å². The van der Waals surface area contributed by atoms with Crippen LogP contribution in [-0.2, 0) is 13.6 Å². The Labute approximate surface area is 153 Å². The molecule has 1 aromatic rings. The highest BCUT2D eigenvalue weighted by molar-refractivity contribution is 14.0. The Bertz CT molecular complexity index is 474. The minimum absolute atomic E-state index is 0. The molecule has 1 unspecified atom stereocenters. The summed E-state index contributed by atoms with van der Waals surface area (Å²) in [6, 6.07) is 2.09. The number of aryl methyl sites for hydroxylation is 1. The molecule has 5 nitrogen and oxygen atoms in total. The van der Waals surface area contributed by atoms with Crippen molar-refractivity contribution in [3.63, 3.8) is 0 Å².